The van der Waals surface area contributed by atoms with Crippen LogP contribution in [0.4, 0.5) is 14.9 Å². The quantitative estimate of drug-likeness (QED) is 0.907. The molecule has 0 aliphatic carbocycles. The number of thiazole rings is 1. The number of aromatic nitrogens is 1. The van der Waals surface area contributed by atoms with Crippen molar-refractivity contribution in [2.24, 2.45) is 0 Å². The molecule has 0 unspecified atom stereocenters. The molecular formula is C18H23FN4OS. The standard InChI is InChI=1S/C18H23FN4OS/c1-13-20-15(12-25-13)11-22(2)18(24)21-14-7-9-23(10-8-14)17-6-4-3-5-16(17)19/h3-6,12,14H,7-11H2,1-2H3,(H,21,24). The number of urea groups is 1. The van der Waals surface area contributed by atoms with Crippen molar-refractivity contribution in [2.75, 3.05) is 25.0 Å². The van der Waals surface area contributed by atoms with Crippen LogP contribution in [-0.2, 0) is 6.54 Å². The van der Waals surface area contributed by atoms with Crippen molar-refractivity contribution < 1.29 is 9.18 Å². The molecule has 7 heteroatoms. The van der Waals surface area contributed by atoms with Gasteiger partial charge < -0.3 is 15.1 Å². The van der Waals surface area contributed by atoms with Crippen molar-refractivity contribution in [3.05, 3.63) is 46.2 Å². The van der Waals surface area contributed by atoms with Crippen LogP contribution in [0.1, 0.15) is 23.5 Å². The van der Waals surface area contributed by atoms with Crippen LogP contribution in [0.5, 0.6) is 0 Å². The van der Waals surface area contributed by atoms with Crippen LogP contribution in [0.25, 0.3) is 0 Å². The topological polar surface area (TPSA) is 48.5 Å². The van der Waals surface area contributed by atoms with Crippen molar-refractivity contribution >= 4 is 23.1 Å². The van der Waals surface area contributed by atoms with E-state index in [0.717, 1.165) is 36.6 Å². The first-order valence-corrected chi connectivity index (χ1v) is 9.33. The van der Waals surface area contributed by atoms with Gasteiger partial charge in [-0.3, -0.25) is 0 Å². The molecule has 0 radical (unpaired) electrons. The van der Waals surface area contributed by atoms with Gasteiger partial charge in [-0.15, -0.1) is 11.3 Å². The molecule has 1 aromatic heterocycles. The molecule has 2 amide bonds. The number of piperidine rings is 1. The number of benzene rings is 1. The maximum atomic E-state index is 13.9. The summed E-state index contributed by atoms with van der Waals surface area (Å²) in [5.41, 5.74) is 1.55. The molecule has 1 fully saturated rings. The summed E-state index contributed by atoms with van der Waals surface area (Å²) in [6.45, 7) is 3.93. The third-order valence-corrected chi connectivity index (χ3v) is 5.25. The molecule has 134 valence electrons. The number of carbonyl (C=O) groups is 1. The highest BCUT2D eigenvalue weighted by atomic mass is 32.1. The van der Waals surface area contributed by atoms with Gasteiger partial charge in [0, 0.05) is 31.6 Å². The van der Waals surface area contributed by atoms with E-state index in [2.05, 4.69) is 10.3 Å². The molecule has 25 heavy (non-hydrogen) atoms. The van der Waals surface area contributed by atoms with Crippen LogP contribution in [0.2, 0.25) is 0 Å². The van der Waals surface area contributed by atoms with Gasteiger partial charge in [0.05, 0.1) is 22.9 Å². The first-order valence-electron chi connectivity index (χ1n) is 8.45. The molecule has 1 saturated heterocycles. The van der Waals surface area contributed by atoms with Crippen LogP contribution < -0.4 is 10.2 Å². The van der Waals surface area contributed by atoms with E-state index in [0.29, 0.717) is 12.2 Å². The molecule has 2 heterocycles. The van der Waals surface area contributed by atoms with Gasteiger partial charge in [-0.25, -0.2) is 14.2 Å². The molecular weight excluding hydrogens is 339 g/mol. The Morgan fingerprint density at radius 1 is 1.40 bits per heavy atom. The van der Waals surface area contributed by atoms with Crippen molar-refractivity contribution in [3.63, 3.8) is 0 Å². The molecule has 1 aliphatic rings. The molecule has 0 bridgehead atoms. The summed E-state index contributed by atoms with van der Waals surface area (Å²) in [7, 11) is 1.78. The summed E-state index contributed by atoms with van der Waals surface area (Å²) >= 11 is 1.59. The molecule has 0 saturated carbocycles. The van der Waals surface area contributed by atoms with Crippen molar-refractivity contribution in [1.82, 2.24) is 15.2 Å². The number of nitrogens with one attached hydrogen (secondary N) is 1. The lowest BCUT2D eigenvalue weighted by molar-refractivity contribution is 0.199. The van der Waals surface area contributed by atoms with Gasteiger partial charge in [-0.1, -0.05) is 12.1 Å². The smallest absolute Gasteiger partial charge is 0.317 e. The van der Waals surface area contributed by atoms with Crippen LogP contribution >= 0.6 is 11.3 Å². The summed E-state index contributed by atoms with van der Waals surface area (Å²) in [5.74, 6) is -0.191. The minimum Gasteiger partial charge on any atom is -0.369 e. The number of rotatable bonds is 4. The second kappa shape index (κ2) is 7.82. The normalized spacial score (nSPS) is 15.2. The van der Waals surface area contributed by atoms with E-state index in [9.17, 15) is 9.18 Å². The zero-order valence-electron chi connectivity index (χ0n) is 14.5. The van der Waals surface area contributed by atoms with Gasteiger partial charge in [-0.2, -0.15) is 0 Å². The lowest BCUT2D eigenvalue weighted by Gasteiger charge is -2.34. The van der Waals surface area contributed by atoms with Crippen molar-refractivity contribution in [2.45, 2.75) is 32.4 Å². The Morgan fingerprint density at radius 2 is 2.12 bits per heavy atom. The Balaban J connectivity index is 1.48. The van der Waals surface area contributed by atoms with Gasteiger partial charge >= 0.3 is 6.03 Å². The average molecular weight is 362 g/mol. The summed E-state index contributed by atoms with van der Waals surface area (Å²) in [6, 6.07) is 6.87. The minimum atomic E-state index is -0.191. The van der Waals surface area contributed by atoms with Crippen LogP contribution in [-0.4, -0.2) is 42.1 Å². The molecule has 3 rings (SSSR count). The third kappa shape index (κ3) is 4.48. The predicted molar refractivity (Wildman–Crippen MR) is 98.5 cm³/mol. The fourth-order valence-electron chi connectivity index (χ4n) is 3.05. The van der Waals surface area contributed by atoms with Gasteiger partial charge in [-0.05, 0) is 31.9 Å². The van der Waals surface area contributed by atoms with E-state index in [4.69, 9.17) is 0 Å². The molecule has 1 aromatic carbocycles. The van der Waals surface area contributed by atoms with E-state index in [1.807, 2.05) is 23.3 Å². The number of carbonyl (C=O) groups excluding carboxylic acids is 1. The van der Waals surface area contributed by atoms with Crippen LogP contribution in [0.15, 0.2) is 29.6 Å². The predicted octanol–water partition coefficient (Wildman–Crippen LogP) is 3.40. The molecule has 1 N–H and O–H groups in total. The molecule has 0 spiro atoms. The molecule has 5 nitrogen and oxygen atoms in total. The zero-order chi connectivity index (χ0) is 17.8. The molecule has 0 atom stereocenters. The van der Waals surface area contributed by atoms with Crippen molar-refractivity contribution in [3.8, 4) is 0 Å². The summed E-state index contributed by atoms with van der Waals surface area (Å²) < 4.78 is 13.9. The minimum absolute atomic E-state index is 0.0880. The summed E-state index contributed by atoms with van der Waals surface area (Å²) in [4.78, 5) is 20.4. The number of hydrogen-bond donors (Lipinski definition) is 1. The largest absolute Gasteiger partial charge is 0.369 e. The summed E-state index contributed by atoms with van der Waals surface area (Å²) in [6.07, 6.45) is 1.62. The first-order chi connectivity index (χ1) is 12.0. The van der Waals surface area contributed by atoms with E-state index < -0.39 is 0 Å². The van der Waals surface area contributed by atoms with Crippen LogP contribution in [0, 0.1) is 12.7 Å². The summed E-state index contributed by atoms with van der Waals surface area (Å²) in [5, 5.41) is 6.06. The zero-order valence-corrected chi connectivity index (χ0v) is 15.4. The first kappa shape index (κ1) is 17.7. The number of halogens is 1. The van der Waals surface area contributed by atoms with Crippen molar-refractivity contribution in [1.29, 1.82) is 0 Å². The Labute approximate surface area is 151 Å². The van der Waals surface area contributed by atoms with Crippen LogP contribution in [0.3, 0.4) is 0 Å². The van der Waals surface area contributed by atoms with E-state index in [1.54, 1.807) is 35.4 Å². The molecule has 2 aromatic rings. The number of amides is 2. The van der Waals surface area contributed by atoms with Gasteiger partial charge in [0.15, 0.2) is 0 Å². The second-order valence-corrected chi connectivity index (χ2v) is 7.44. The Morgan fingerprint density at radius 3 is 2.76 bits per heavy atom. The van der Waals surface area contributed by atoms with Gasteiger partial charge in [0.2, 0.25) is 0 Å². The number of para-hydroxylation sites is 1. The number of hydrogen-bond acceptors (Lipinski definition) is 4. The van der Waals surface area contributed by atoms with Gasteiger partial charge in [0.1, 0.15) is 5.82 Å². The number of nitrogens with zero attached hydrogens (tertiary/aromatic N) is 3. The Bertz CT molecular complexity index is 727. The Kier molecular flexibility index (Phi) is 5.53. The lowest BCUT2D eigenvalue weighted by Crippen LogP contribution is -2.48. The maximum absolute atomic E-state index is 13.9. The van der Waals surface area contributed by atoms with Gasteiger partial charge in [0.25, 0.3) is 0 Å². The number of anilines is 1. The highest BCUT2D eigenvalue weighted by Gasteiger charge is 2.23. The second-order valence-electron chi connectivity index (χ2n) is 6.38. The highest BCUT2D eigenvalue weighted by Crippen LogP contribution is 2.23. The van der Waals surface area contributed by atoms with E-state index in [1.165, 1.54) is 6.07 Å². The third-order valence-electron chi connectivity index (χ3n) is 4.43. The monoisotopic (exact) mass is 362 g/mol. The average Bonchev–Trinajstić information content (AvgIpc) is 3.01. The molecule has 1 aliphatic heterocycles. The number of aryl methyl sites for hydroxylation is 1. The SMILES string of the molecule is Cc1nc(CN(C)C(=O)NC2CCN(c3ccccc3F)CC2)cs1. The highest BCUT2D eigenvalue weighted by molar-refractivity contribution is 7.09. The fraction of sp³-hybridized carbons (Fsp3) is 0.444. The Hall–Kier alpha value is -2.15. The van der Waals surface area contributed by atoms with E-state index in [-0.39, 0.29) is 17.9 Å². The van der Waals surface area contributed by atoms with E-state index >= 15 is 0 Å². The fourth-order valence-corrected chi connectivity index (χ4v) is 3.66. The lowest BCUT2D eigenvalue weighted by atomic mass is 10.0. The maximum Gasteiger partial charge on any atom is 0.317 e.